The van der Waals surface area contributed by atoms with Gasteiger partial charge in [-0.05, 0) is 30.9 Å². The van der Waals surface area contributed by atoms with Gasteiger partial charge in [-0.15, -0.1) is 0 Å². The molecule has 1 aliphatic heterocycles. The number of nitrogens with one attached hydrogen (secondary N) is 1. The molecule has 2 rings (SSSR count). The number of benzene rings is 1. The Balaban J connectivity index is 1.96. The summed E-state index contributed by atoms with van der Waals surface area (Å²) in [6.45, 7) is 2.45. The van der Waals surface area contributed by atoms with Gasteiger partial charge in [0.2, 0.25) is 0 Å². The lowest BCUT2D eigenvalue weighted by molar-refractivity contribution is 0.185. The number of rotatable bonds is 5. The molecule has 0 spiro atoms. The van der Waals surface area contributed by atoms with Crippen LogP contribution in [0.2, 0.25) is 0 Å². The highest BCUT2D eigenvalue weighted by molar-refractivity contribution is 7.80. The van der Waals surface area contributed by atoms with E-state index in [4.69, 9.17) is 22.7 Å². The Morgan fingerprint density at radius 3 is 3.06 bits per heavy atom. The molecular formula is C13H17FN2OS. The molecule has 1 heterocycles. The Morgan fingerprint density at radius 2 is 2.39 bits per heavy atom. The minimum Gasteiger partial charge on any atom is -0.389 e. The van der Waals surface area contributed by atoms with Crippen LogP contribution in [-0.4, -0.2) is 24.7 Å². The molecule has 1 aromatic rings. The maximum Gasteiger partial charge on any atom is 0.135 e. The largest absolute Gasteiger partial charge is 0.389 e. The van der Waals surface area contributed by atoms with E-state index in [1.807, 2.05) is 0 Å². The van der Waals surface area contributed by atoms with Gasteiger partial charge < -0.3 is 15.8 Å². The zero-order chi connectivity index (χ0) is 13.0. The number of hydrogen-bond donors (Lipinski definition) is 2. The molecule has 1 saturated heterocycles. The standard InChI is InChI=1S/C13H17FN2OS/c14-10-2-1-3-11(12(10)13(15)18)16-6-4-9-5-7-17-8-9/h1-3,9,16H,4-8H2,(H2,15,18). The van der Waals surface area contributed by atoms with Gasteiger partial charge in [-0.3, -0.25) is 0 Å². The quantitative estimate of drug-likeness (QED) is 0.804. The summed E-state index contributed by atoms with van der Waals surface area (Å²) in [7, 11) is 0. The lowest BCUT2D eigenvalue weighted by Gasteiger charge is -2.13. The third kappa shape index (κ3) is 3.17. The van der Waals surface area contributed by atoms with Crippen molar-refractivity contribution in [2.45, 2.75) is 12.8 Å². The molecule has 1 aromatic carbocycles. The van der Waals surface area contributed by atoms with E-state index in [1.165, 1.54) is 6.07 Å². The second-order valence-electron chi connectivity index (χ2n) is 4.47. The van der Waals surface area contributed by atoms with E-state index in [2.05, 4.69) is 5.32 Å². The molecule has 0 saturated carbocycles. The minimum absolute atomic E-state index is 0.0831. The Bertz CT molecular complexity index is 433. The molecule has 5 heteroatoms. The van der Waals surface area contributed by atoms with Crippen LogP contribution in [0.25, 0.3) is 0 Å². The normalized spacial score (nSPS) is 18.8. The van der Waals surface area contributed by atoms with Crippen LogP contribution in [-0.2, 0) is 4.74 Å². The highest BCUT2D eigenvalue weighted by atomic mass is 32.1. The van der Waals surface area contributed by atoms with E-state index in [-0.39, 0.29) is 10.8 Å². The number of anilines is 1. The van der Waals surface area contributed by atoms with Crippen LogP contribution in [0.4, 0.5) is 10.1 Å². The third-order valence-electron chi connectivity index (χ3n) is 3.15. The van der Waals surface area contributed by atoms with Crippen LogP contribution >= 0.6 is 12.2 Å². The van der Waals surface area contributed by atoms with Crippen molar-refractivity contribution in [3.63, 3.8) is 0 Å². The number of thiocarbonyl (C=S) groups is 1. The van der Waals surface area contributed by atoms with Crippen molar-refractivity contribution in [1.29, 1.82) is 0 Å². The molecule has 18 heavy (non-hydrogen) atoms. The van der Waals surface area contributed by atoms with Crippen LogP contribution in [0.15, 0.2) is 18.2 Å². The summed E-state index contributed by atoms with van der Waals surface area (Å²) >= 11 is 4.87. The predicted molar refractivity (Wildman–Crippen MR) is 74.3 cm³/mol. The Hall–Kier alpha value is -1.20. The van der Waals surface area contributed by atoms with Gasteiger partial charge in [-0.2, -0.15) is 0 Å². The van der Waals surface area contributed by atoms with Crippen LogP contribution in [0.5, 0.6) is 0 Å². The van der Waals surface area contributed by atoms with Crippen molar-refractivity contribution in [2.24, 2.45) is 11.7 Å². The maximum absolute atomic E-state index is 13.6. The van der Waals surface area contributed by atoms with Crippen molar-refractivity contribution in [1.82, 2.24) is 0 Å². The zero-order valence-electron chi connectivity index (χ0n) is 10.1. The fourth-order valence-electron chi connectivity index (χ4n) is 2.14. The molecule has 1 aliphatic rings. The van der Waals surface area contributed by atoms with Crippen molar-refractivity contribution >= 4 is 22.9 Å². The van der Waals surface area contributed by atoms with Crippen molar-refractivity contribution in [2.75, 3.05) is 25.1 Å². The van der Waals surface area contributed by atoms with Gasteiger partial charge in [0.1, 0.15) is 10.8 Å². The van der Waals surface area contributed by atoms with E-state index in [0.29, 0.717) is 17.2 Å². The summed E-state index contributed by atoms with van der Waals surface area (Å²) in [4.78, 5) is 0.0831. The molecule has 1 unspecified atom stereocenters. The summed E-state index contributed by atoms with van der Waals surface area (Å²) < 4.78 is 18.9. The molecule has 0 aromatic heterocycles. The number of halogens is 1. The van der Waals surface area contributed by atoms with Gasteiger partial charge in [-0.1, -0.05) is 18.3 Å². The molecule has 0 bridgehead atoms. The average Bonchev–Trinajstić information content (AvgIpc) is 2.81. The van der Waals surface area contributed by atoms with Crippen LogP contribution in [0.1, 0.15) is 18.4 Å². The van der Waals surface area contributed by atoms with Gasteiger partial charge in [0, 0.05) is 25.4 Å². The van der Waals surface area contributed by atoms with E-state index in [9.17, 15) is 4.39 Å². The molecule has 98 valence electrons. The molecule has 1 fully saturated rings. The molecule has 0 aliphatic carbocycles. The average molecular weight is 268 g/mol. The van der Waals surface area contributed by atoms with Gasteiger partial charge in [0.05, 0.1) is 5.56 Å². The van der Waals surface area contributed by atoms with Gasteiger partial charge in [0.15, 0.2) is 0 Å². The monoisotopic (exact) mass is 268 g/mol. The first-order valence-corrected chi connectivity index (χ1v) is 6.49. The molecular weight excluding hydrogens is 251 g/mol. The maximum atomic E-state index is 13.6. The Kier molecular flexibility index (Phi) is 4.49. The summed E-state index contributed by atoms with van der Waals surface area (Å²) in [5, 5.41) is 3.20. The lowest BCUT2D eigenvalue weighted by atomic mass is 10.1. The summed E-state index contributed by atoms with van der Waals surface area (Å²) in [5.41, 5.74) is 6.51. The Labute approximate surface area is 112 Å². The van der Waals surface area contributed by atoms with E-state index >= 15 is 0 Å². The second-order valence-corrected chi connectivity index (χ2v) is 4.91. The Morgan fingerprint density at radius 1 is 1.56 bits per heavy atom. The number of hydrogen-bond acceptors (Lipinski definition) is 3. The third-order valence-corrected chi connectivity index (χ3v) is 3.36. The first-order chi connectivity index (χ1) is 8.68. The molecule has 0 amide bonds. The first-order valence-electron chi connectivity index (χ1n) is 6.08. The van der Waals surface area contributed by atoms with Crippen LogP contribution < -0.4 is 11.1 Å². The highest BCUT2D eigenvalue weighted by Gasteiger charge is 2.15. The molecule has 3 N–H and O–H groups in total. The minimum atomic E-state index is -0.378. The molecule has 1 atom stereocenters. The van der Waals surface area contributed by atoms with E-state index in [1.54, 1.807) is 12.1 Å². The van der Waals surface area contributed by atoms with Crippen LogP contribution in [0.3, 0.4) is 0 Å². The lowest BCUT2D eigenvalue weighted by Crippen LogP contribution is -2.17. The zero-order valence-corrected chi connectivity index (χ0v) is 10.9. The summed E-state index contributed by atoms with van der Waals surface area (Å²) in [6.07, 6.45) is 2.11. The van der Waals surface area contributed by atoms with Crippen LogP contribution in [0, 0.1) is 11.7 Å². The highest BCUT2D eigenvalue weighted by Crippen LogP contribution is 2.20. The second kappa shape index (κ2) is 6.11. The topological polar surface area (TPSA) is 47.3 Å². The molecule has 3 nitrogen and oxygen atoms in total. The SMILES string of the molecule is NC(=S)c1c(F)cccc1NCCC1CCOC1. The molecule has 0 radical (unpaired) electrons. The van der Waals surface area contributed by atoms with Crippen molar-refractivity contribution in [3.05, 3.63) is 29.6 Å². The van der Waals surface area contributed by atoms with Gasteiger partial charge in [0.25, 0.3) is 0 Å². The van der Waals surface area contributed by atoms with Gasteiger partial charge >= 0.3 is 0 Å². The predicted octanol–water partition coefficient (Wildman–Crippen LogP) is 2.30. The number of ether oxygens (including phenoxy) is 1. The fourth-order valence-corrected chi connectivity index (χ4v) is 2.35. The smallest absolute Gasteiger partial charge is 0.135 e. The summed E-state index contributed by atoms with van der Waals surface area (Å²) in [5.74, 6) is 0.219. The van der Waals surface area contributed by atoms with Gasteiger partial charge in [-0.25, -0.2) is 4.39 Å². The number of nitrogens with two attached hydrogens (primary N) is 1. The fraction of sp³-hybridized carbons (Fsp3) is 0.462. The van der Waals surface area contributed by atoms with E-state index < -0.39 is 0 Å². The summed E-state index contributed by atoms with van der Waals surface area (Å²) in [6, 6.07) is 4.81. The van der Waals surface area contributed by atoms with Crippen molar-refractivity contribution < 1.29 is 9.13 Å². The van der Waals surface area contributed by atoms with Crippen molar-refractivity contribution in [3.8, 4) is 0 Å². The first kappa shape index (κ1) is 13.2. The van der Waals surface area contributed by atoms with E-state index in [0.717, 1.165) is 32.6 Å².